The average Bonchev–Trinajstić information content (AvgIpc) is 2.60. The molecule has 0 radical (unpaired) electrons. The fraction of sp³-hybridized carbons (Fsp3) is 0.944. The Kier molecular flexibility index (Phi) is 5.10. The number of carbonyl (C=O) groups is 1. The lowest BCUT2D eigenvalue weighted by Gasteiger charge is -2.62. The van der Waals surface area contributed by atoms with Crippen LogP contribution in [0, 0.1) is 11.3 Å². The van der Waals surface area contributed by atoms with Gasteiger partial charge in [0.05, 0.1) is 25.9 Å². The molecule has 0 saturated carbocycles. The van der Waals surface area contributed by atoms with E-state index >= 15 is 0 Å². The Bertz CT molecular complexity index is 488. The molecule has 2 fully saturated rings. The molecule has 140 valence electrons. The number of piperidine rings is 1. The third-order valence-corrected chi connectivity index (χ3v) is 6.64. The quantitative estimate of drug-likeness (QED) is 0.795. The summed E-state index contributed by atoms with van der Waals surface area (Å²) in [5.74, 6) is -1.18. The van der Waals surface area contributed by atoms with E-state index in [4.69, 9.17) is 14.2 Å². The van der Waals surface area contributed by atoms with Crippen molar-refractivity contribution in [2.45, 2.75) is 77.7 Å². The lowest BCUT2D eigenvalue weighted by atomic mass is 9.67. The van der Waals surface area contributed by atoms with Crippen LogP contribution in [-0.4, -0.2) is 53.4 Å². The van der Waals surface area contributed by atoms with Crippen LogP contribution in [0.1, 0.15) is 60.8 Å². The highest BCUT2D eigenvalue weighted by Gasteiger charge is 2.63. The van der Waals surface area contributed by atoms with Gasteiger partial charge in [-0.3, -0.25) is 4.79 Å². The van der Waals surface area contributed by atoms with Crippen molar-refractivity contribution in [2.75, 3.05) is 20.3 Å². The Hall–Kier alpha value is -0.690. The molecule has 24 heavy (non-hydrogen) atoms. The van der Waals surface area contributed by atoms with Crippen LogP contribution in [0.25, 0.3) is 0 Å². The minimum absolute atomic E-state index is 0.0539. The normalized spacial score (nSPS) is 46.9. The van der Waals surface area contributed by atoms with Crippen LogP contribution in [0.5, 0.6) is 0 Å². The second kappa shape index (κ2) is 6.24. The molecule has 0 amide bonds. The maximum Gasteiger partial charge on any atom is 0.316 e. The third kappa shape index (κ3) is 2.68. The first-order valence-corrected chi connectivity index (χ1v) is 8.89. The molecule has 6 nitrogen and oxygen atoms in total. The molecular formula is C18H33NO5. The molecule has 2 rings (SSSR count). The average molecular weight is 343 g/mol. The zero-order valence-corrected chi connectivity index (χ0v) is 16.1. The van der Waals surface area contributed by atoms with Crippen molar-refractivity contribution in [1.29, 1.82) is 0 Å². The Morgan fingerprint density at radius 3 is 2.17 bits per heavy atom. The molecule has 0 bridgehead atoms. The lowest BCUT2D eigenvalue weighted by Crippen LogP contribution is -2.73. The number of hydroxylamine groups is 2. The third-order valence-electron chi connectivity index (χ3n) is 6.64. The van der Waals surface area contributed by atoms with E-state index in [0.29, 0.717) is 6.42 Å². The summed E-state index contributed by atoms with van der Waals surface area (Å²) in [4.78, 5) is 12.0. The highest BCUT2D eigenvalue weighted by atomic mass is 16.7. The molecule has 0 aromatic rings. The molecule has 2 heterocycles. The molecule has 3 atom stereocenters. The van der Waals surface area contributed by atoms with E-state index in [-0.39, 0.29) is 25.1 Å². The van der Waals surface area contributed by atoms with Crippen LogP contribution >= 0.6 is 0 Å². The number of ether oxygens (including phenoxy) is 3. The monoisotopic (exact) mass is 343 g/mol. The molecule has 2 aliphatic heterocycles. The molecule has 0 aliphatic carbocycles. The predicted octanol–water partition coefficient (Wildman–Crippen LogP) is 2.98. The van der Waals surface area contributed by atoms with Crippen molar-refractivity contribution in [1.82, 2.24) is 5.06 Å². The summed E-state index contributed by atoms with van der Waals surface area (Å²) < 4.78 is 17.4. The van der Waals surface area contributed by atoms with Gasteiger partial charge in [0.15, 0.2) is 5.79 Å². The van der Waals surface area contributed by atoms with E-state index in [1.54, 1.807) is 6.92 Å². The second-order valence-corrected chi connectivity index (χ2v) is 8.21. The van der Waals surface area contributed by atoms with Crippen LogP contribution in [0.4, 0.5) is 0 Å². The van der Waals surface area contributed by atoms with Gasteiger partial charge in [0, 0.05) is 17.9 Å². The summed E-state index contributed by atoms with van der Waals surface area (Å²) in [7, 11) is 1.38. The summed E-state index contributed by atoms with van der Waals surface area (Å²) in [6, 6.07) is 0. The van der Waals surface area contributed by atoms with Crippen molar-refractivity contribution in [3.05, 3.63) is 0 Å². The molecule has 2 aliphatic rings. The number of esters is 1. The predicted molar refractivity (Wildman–Crippen MR) is 89.6 cm³/mol. The first-order chi connectivity index (χ1) is 11.0. The van der Waals surface area contributed by atoms with Gasteiger partial charge in [-0.25, -0.2) is 0 Å². The largest absolute Gasteiger partial charge is 0.468 e. The zero-order valence-electron chi connectivity index (χ0n) is 16.1. The fourth-order valence-corrected chi connectivity index (χ4v) is 4.13. The number of carbonyl (C=O) groups excluding carboxylic acids is 1. The molecule has 0 aromatic carbocycles. The first kappa shape index (κ1) is 19.6. The van der Waals surface area contributed by atoms with E-state index in [0.717, 1.165) is 12.8 Å². The highest BCUT2D eigenvalue weighted by molar-refractivity contribution is 5.76. The van der Waals surface area contributed by atoms with Gasteiger partial charge in [-0.1, -0.05) is 20.8 Å². The Morgan fingerprint density at radius 2 is 1.75 bits per heavy atom. The fourth-order valence-electron chi connectivity index (χ4n) is 4.13. The lowest BCUT2D eigenvalue weighted by molar-refractivity contribution is -0.398. The van der Waals surface area contributed by atoms with Gasteiger partial charge in [0.25, 0.3) is 0 Å². The standard InChI is InChI=1S/C18H33NO5/c1-8-16(5)10-18(13(3)17(6,9-2)19(16)21)23-11-15(4,12-24-18)14(20)22-7/h13,21H,8-12H2,1-7H3. The summed E-state index contributed by atoms with van der Waals surface area (Å²) in [5.41, 5.74) is -1.71. The summed E-state index contributed by atoms with van der Waals surface area (Å²) >= 11 is 0. The maximum absolute atomic E-state index is 12.0. The van der Waals surface area contributed by atoms with Crippen LogP contribution in [0.2, 0.25) is 0 Å². The number of methoxy groups -OCH3 is 1. The zero-order chi connectivity index (χ0) is 18.4. The van der Waals surface area contributed by atoms with Crippen LogP contribution in [0.3, 0.4) is 0 Å². The minimum Gasteiger partial charge on any atom is -0.468 e. The molecular weight excluding hydrogens is 310 g/mol. The van der Waals surface area contributed by atoms with Crippen LogP contribution in [-0.2, 0) is 19.0 Å². The number of rotatable bonds is 3. The molecule has 6 heteroatoms. The Morgan fingerprint density at radius 1 is 1.21 bits per heavy atom. The summed E-state index contributed by atoms with van der Waals surface area (Å²) in [5, 5.41) is 12.4. The molecule has 0 aromatic heterocycles. The number of hydrogen-bond donors (Lipinski definition) is 1. The summed E-state index contributed by atoms with van der Waals surface area (Å²) in [6.07, 6.45) is 2.10. The van der Waals surface area contributed by atoms with Gasteiger partial charge in [-0.2, -0.15) is 5.06 Å². The smallest absolute Gasteiger partial charge is 0.316 e. The number of nitrogens with zero attached hydrogens (tertiary/aromatic N) is 1. The van der Waals surface area contributed by atoms with Gasteiger partial charge in [0.2, 0.25) is 0 Å². The van der Waals surface area contributed by atoms with Crippen LogP contribution < -0.4 is 0 Å². The van der Waals surface area contributed by atoms with E-state index in [2.05, 4.69) is 20.8 Å². The van der Waals surface area contributed by atoms with Crippen molar-refractivity contribution in [3.8, 4) is 0 Å². The molecule has 3 unspecified atom stereocenters. The first-order valence-electron chi connectivity index (χ1n) is 8.89. The Labute approximate surface area is 145 Å². The van der Waals surface area contributed by atoms with E-state index in [9.17, 15) is 10.0 Å². The SMILES string of the molecule is CCC1(C)CC2(OCC(C)(C(=O)OC)CO2)C(C)C(C)(CC)N1O. The van der Waals surface area contributed by atoms with Crippen molar-refractivity contribution in [2.24, 2.45) is 11.3 Å². The van der Waals surface area contributed by atoms with Crippen molar-refractivity contribution in [3.63, 3.8) is 0 Å². The minimum atomic E-state index is -0.803. The topological polar surface area (TPSA) is 68.2 Å². The summed E-state index contributed by atoms with van der Waals surface area (Å²) in [6.45, 7) is 12.6. The van der Waals surface area contributed by atoms with E-state index < -0.39 is 22.3 Å². The highest BCUT2D eigenvalue weighted by Crippen LogP contribution is 2.53. The molecule has 1 spiro atoms. The van der Waals surface area contributed by atoms with Gasteiger partial charge < -0.3 is 19.4 Å². The van der Waals surface area contributed by atoms with Gasteiger partial charge in [0.1, 0.15) is 5.41 Å². The van der Waals surface area contributed by atoms with Crippen molar-refractivity contribution < 1.29 is 24.2 Å². The van der Waals surface area contributed by atoms with E-state index in [1.165, 1.54) is 12.2 Å². The number of hydrogen-bond acceptors (Lipinski definition) is 6. The molecule has 2 saturated heterocycles. The van der Waals surface area contributed by atoms with Gasteiger partial charge >= 0.3 is 5.97 Å². The van der Waals surface area contributed by atoms with Crippen molar-refractivity contribution >= 4 is 5.97 Å². The van der Waals surface area contributed by atoms with Gasteiger partial charge in [-0.05, 0) is 33.6 Å². The van der Waals surface area contributed by atoms with Crippen LogP contribution in [0.15, 0.2) is 0 Å². The molecule has 1 N–H and O–H groups in total. The van der Waals surface area contributed by atoms with E-state index in [1.807, 2.05) is 13.8 Å². The Balaban J connectivity index is 2.35. The van der Waals surface area contributed by atoms with Gasteiger partial charge in [-0.15, -0.1) is 0 Å². The second-order valence-electron chi connectivity index (χ2n) is 8.21. The maximum atomic E-state index is 12.0.